The van der Waals surface area contributed by atoms with Crippen molar-refractivity contribution in [2.45, 2.75) is 38.8 Å². The van der Waals surface area contributed by atoms with Crippen molar-refractivity contribution >= 4 is 11.6 Å². The van der Waals surface area contributed by atoms with Crippen LogP contribution in [0.5, 0.6) is 5.75 Å². The topological polar surface area (TPSA) is 41.5 Å². The molecule has 3 nitrogen and oxygen atoms in total. The molecule has 2 atom stereocenters. The van der Waals surface area contributed by atoms with Gasteiger partial charge in [-0.3, -0.25) is 0 Å². The Kier molecular flexibility index (Phi) is 7.09. The second-order valence-corrected chi connectivity index (χ2v) is 4.90. The second-order valence-electron chi connectivity index (χ2n) is 4.49. The third-order valence-electron chi connectivity index (χ3n) is 2.69. The van der Waals surface area contributed by atoms with Crippen molar-refractivity contribution in [3.63, 3.8) is 0 Å². The Hall–Kier alpha value is -0.770. The lowest BCUT2D eigenvalue weighted by Gasteiger charge is -2.17. The molecule has 0 fully saturated rings. The fourth-order valence-corrected chi connectivity index (χ4v) is 1.87. The van der Waals surface area contributed by atoms with E-state index in [4.69, 9.17) is 16.3 Å². The van der Waals surface area contributed by atoms with Gasteiger partial charge in [0.1, 0.15) is 18.5 Å². The molecule has 1 rings (SSSR count). The lowest BCUT2D eigenvalue weighted by atomic mass is 10.2. The van der Waals surface area contributed by atoms with E-state index in [1.165, 1.54) is 0 Å². The average molecular weight is 272 g/mol. The molecule has 1 aromatic carbocycles. The quantitative estimate of drug-likeness (QED) is 0.764. The average Bonchev–Trinajstić information content (AvgIpc) is 2.36. The van der Waals surface area contributed by atoms with E-state index < -0.39 is 6.10 Å². The van der Waals surface area contributed by atoms with Crippen molar-refractivity contribution < 1.29 is 9.84 Å². The van der Waals surface area contributed by atoms with Gasteiger partial charge in [-0.15, -0.1) is 0 Å². The number of nitrogens with one attached hydrogen (secondary N) is 1. The summed E-state index contributed by atoms with van der Waals surface area (Å²) in [5.41, 5.74) is 0. The van der Waals surface area contributed by atoms with Crippen LogP contribution in [0.3, 0.4) is 0 Å². The van der Waals surface area contributed by atoms with Crippen LogP contribution in [0.15, 0.2) is 24.3 Å². The minimum absolute atomic E-state index is 0.246. The maximum Gasteiger partial charge on any atom is 0.138 e. The number of benzene rings is 1. The van der Waals surface area contributed by atoms with Crippen LogP contribution in [-0.2, 0) is 0 Å². The van der Waals surface area contributed by atoms with Gasteiger partial charge in [0.15, 0.2) is 0 Å². The van der Waals surface area contributed by atoms with Gasteiger partial charge in [0, 0.05) is 12.6 Å². The number of rotatable bonds is 8. The molecule has 18 heavy (non-hydrogen) atoms. The summed E-state index contributed by atoms with van der Waals surface area (Å²) in [7, 11) is 0. The highest BCUT2D eigenvalue weighted by atomic mass is 35.5. The summed E-state index contributed by atoms with van der Waals surface area (Å²) >= 11 is 5.95. The zero-order valence-electron chi connectivity index (χ0n) is 11.0. The van der Waals surface area contributed by atoms with Crippen molar-refractivity contribution in [1.82, 2.24) is 5.32 Å². The van der Waals surface area contributed by atoms with E-state index in [2.05, 4.69) is 19.2 Å². The maximum atomic E-state index is 9.79. The third kappa shape index (κ3) is 5.71. The summed E-state index contributed by atoms with van der Waals surface area (Å²) in [5, 5.41) is 13.6. The first kappa shape index (κ1) is 15.3. The summed E-state index contributed by atoms with van der Waals surface area (Å²) in [6.45, 7) is 5.04. The van der Waals surface area contributed by atoms with Crippen LogP contribution in [0.2, 0.25) is 5.02 Å². The number of para-hydroxylation sites is 1. The molecule has 0 aromatic heterocycles. The first-order valence-electron chi connectivity index (χ1n) is 6.42. The molecular weight excluding hydrogens is 250 g/mol. The van der Waals surface area contributed by atoms with Crippen LogP contribution < -0.4 is 10.1 Å². The standard InChI is InChI=1S/C14H22ClNO2/c1-3-6-11(2)16-9-12(17)10-18-14-8-5-4-7-13(14)15/h4-5,7-8,11-12,16-17H,3,6,9-10H2,1-2H3. The SMILES string of the molecule is CCCC(C)NCC(O)COc1ccccc1Cl. The molecule has 0 saturated heterocycles. The van der Waals surface area contributed by atoms with Gasteiger partial charge in [0.25, 0.3) is 0 Å². The molecule has 0 saturated carbocycles. The number of halogens is 1. The minimum atomic E-state index is -0.527. The van der Waals surface area contributed by atoms with Crippen LogP contribution in [0.1, 0.15) is 26.7 Å². The zero-order chi connectivity index (χ0) is 13.4. The molecule has 1 aromatic rings. The third-order valence-corrected chi connectivity index (χ3v) is 3.00. The predicted octanol–water partition coefficient (Wildman–Crippen LogP) is 2.86. The van der Waals surface area contributed by atoms with E-state index >= 15 is 0 Å². The van der Waals surface area contributed by atoms with E-state index in [-0.39, 0.29) is 6.61 Å². The lowest BCUT2D eigenvalue weighted by Crippen LogP contribution is -2.36. The molecule has 0 radical (unpaired) electrons. The van der Waals surface area contributed by atoms with Gasteiger partial charge >= 0.3 is 0 Å². The Balaban J connectivity index is 2.25. The van der Waals surface area contributed by atoms with Gasteiger partial charge in [0.05, 0.1) is 5.02 Å². The van der Waals surface area contributed by atoms with E-state index in [9.17, 15) is 5.11 Å². The van der Waals surface area contributed by atoms with Crippen LogP contribution in [-0.4, -0.2) is 30.4 Å². The summed E-state index contributed by atoms with van der Waals surface area (Å²) in [4.78, 5) is 0. The summed E-state index contributed by atoms with van der Waals surface area (Å²) in [6.07, 6.45) is 1.72. The number of aliphatic hydroxyl groups is 1. The fourth-order valence-electron chi connectivity index (χ4n) is 1.68. The summed E-state index contributed by atoms with van der Waals surface area (Å²) < 4.78 is 5.47. The highest BCUT2D eigenvalue weighted by molar-refractivity contribution is 6.32. The van der Waals surface area contributed by atoms with E-state index in [1.807, 2.05) is 12.1 Å². The van der Waals surface area contributed by atoms with Crippen molar-refractivity contribution in [3.05, 3.63) is 29.3 Å². The molecule has 2 unspecified atom stereocenters. The molecule has 0 spiro atoms. The molecule has 2 N–H and O–H groups in total. The molecule has 0 bridgehead atoms. The Labute approximate surface area is 114 Å². The van der Waals surface area contributed by atoms with E-state index in [1.54, 1.807) is 12.1 Å². The van der Waals surface area contributed by atoms with Crippen LogP contribution in [0.4, 0.5) is 0 Å². The van der Waals surface area contributed by atoms with Gasteiger partial charge in [-0.2, -0.15) is 0 Å². The van der Waals surface area contributed by atoms with E-state index in [0.29, 0.717) is 23.4 Å². The van der Waals surface area contributed by atoms with Crippen LogP contribution in [0, 0.1) is 0 Å². The predicted molar refractivity (Wildman–Crippen MR) is 75.3 cm³/mol. The van der Waals surface area contributed by atoms with Crippen molar-refractivity contribution in [2.75, 3.05) is 13.2 Å². The summed E-state index contributed by atoms with van der Waals surface area (Å²) in [6, 6.07) is 7.69. The van der Waals surface area contributed by atoms with Gasteiger partial charge < -0.3 is 15.2 Å². The molecule has 102 valence electrons. The maximum absolute atomic E-state index is 9.79. The molecule has 4 heteroatoms. The van der Waals surface area contributed by atoms with Crippen molar-refractivity contribution in [2.24, 2.45) is 0 Å². The zero-order valence-corrected chi connectivity index (χ0v) is 11.8. The monoisotopic (exact) mass is 271 g/mol. The number of hydrogen-bond acceptors (Lipinski definition) is 3. The molecule has 0 amide bonds. The minimum Gasteiger partial charge on any atom is -0.489 e. The normalized spacial score (nSPS) is 14.2. The smallest absolute Gasteiger partial charge is 0.138 e. The van der Waals surface area contributed by atoms with Crippen molar-refractivity contribution in [3.8, 4) is 5.75 Å². The number of ether oxygens (including phenoxy) is 1. The fraction of sp³-hybridized carbons (Fsp3) is 0.571. The molecule has 0 aliphatic rings. The van der Waals surface area contributed by atoms with Crippen LogP contribution >= 0.6 is 11.6 Å². The first-order chi connectivity index (χ1) is 8.63. The van der Waals surface area contributed by atoms with Gasteiger partial charge in [-0.1, -0.05) is 37.1 Å². The van der Waals surface area contributed by atoms with Gasteiger partial charge in [-0.25, -0.2) is 0 Å². The lowest BCUT2D eigenvalue weighted by molar-refractivity contribution is 0.104. The van der Waals surface area contributed by atoms with Crippen LogP contribution in [0.25, 0.3) is 0 Å². The Morgan fingerprint density at radius 1 is 1.39 bits per heavy atom. The van der Waals surface area contributed by atoms with Gasteiger partial charge in [-0.05, 0) is 25.5 Å². The Bertz CT molecular complexity index is 346. The molecule has 0 aliphatic carbocycles. The first-order valence-corrected chi connectivity index (χ1v) is 6.80. The summed E-state index contributed by atoms with van der Waals surface area (Å²) in [5.74, 6) is 0.611. The highest BCUT2D eigenvalue weighted by Gasteiger charge is 2.08. The number of aliphatic hydroxyl groups excluding tert-OH is 1. The molecule has 0 heterocycles. The molecular formula is C14H22ClNO2. The van der Waals surface area contributed by atoms with E-state index in [0.717, 1.165) is 12.8 Å². The highest BCUT2D eigenvalue weighted by Crippen LogP contribution is 2.22. The Morgan fingerprint density at radius 3 is 2.78 bits per heavy atom. The Morgan fingerprint density at radius 2 is 2.11 bits per heavy atom. The molecule has 0 aliphatic heterocycles. The second kappa shape index (κ2) is 8.35. The number of hydrogen-bond donors (Lipinski definition) is 2. The van der Waals surface area contributed by atoms with Crippen molar-refractivity contribution in [1.29, 1.82) is 0 Å². The largest absolute Gasteiger partial charge is 0.489 e. The van der Waals surface area contributed by atoms with Gasteiger partial charge in [0.2, 0.25) is 0 Å².